The number of carbonyl (C=O) groups is 1. The Morgan fingerprint density at radius 2 is 1.50 bits per heavy atom. The maximum Gasteiger partial charge on any atom is 0.207 e. The molecule has 7 nitrogen and oxygen atoms in total. The minimum absolute atomic E-state index is 0.373. The number of rotatable bonds is 10. The van der Waals surface area contributed by atoms with Crippen LogP contribution in [0.2, 0.25) is 0 Å². The highest BCUT2D eigenvalue weighted by atomic mass is 79.9. The van der Waals surface area contributed by atoms with E-state index in [1.807, 2.05) is 18.2 Å². The Kier molecular flexibility index (Phi) is 7.80. The highest BCUT2D eigenvalue weighted by molar-refractivity contribution is 9.10. The highest BCUT2D eigenvalue weighted by Crippen LogP contribution is 2.43. The van der Waals surface area contributed by atoms with Crippen LogP contribution >= 0.6 is 15.9 Å². The summed E-state index contributed by atoms with van der Waals surface area (Å²) in [7, 11) is 7.80. The average molecular weight is 454 g/mol. The number of hydrogen-bond acceptors (Lipinski definition) is 6. The molecule has 2 aromatic rings. The summed E-state index contributed by atoms with van der Waals surface area (Å²) in [6.45, 7) is 0. The van der Waals surface area contributed by atoms with E-state index in [4.69, 9.17) is 23.7 Å². The number of methoxy groups -OCH3 is 5. The lowest BCUT2D eigenvalue weighted by molar-refractivity contribution is -0.110. The van der Waals surface area contributed by atoms with Crippen LogP contribution in [-0.2, 0) is 11.2 Å². The van der Waals surface area contributed by atoms with E-state index in [0.717, 1.165) is 15.6 Å². The maximum absolute atomic E-state index is 11.3. The third-order valence-electron chi connectivity index (χ3n) is 4.36. The van der Waals surface area contributed by atoms with E-state index in [1.54, 1.807) is 34.5 Å². The molecule has 1 amide bonds. The molecular formula is C20H24BrNO6. The minimum Gasteiger partial charge on any atom is -0.493 e. The van der Waals surface area contributed by atoms with Crippen LogP contribution in [0.25, 0.3) is 0 Å². The van der Waals surface area contributed by atoms with Gasteiger partial charge in [-0.1, -0.05) is 15.9 Å². The van der Waals surface area contributed by atoms with Gasteiger partial charge in [0, 0.05) is 10.0 Å². The summed E-state index contributed by atoms with van der Waals surface area (Å²) >= 11 is 3.56. The summed E-state index contributed by atoms with van der Waals surface area (Å²) in [6, 6.07) is 6.95. The molecule has 0 bridgehead atoms. The van der Waals surface area contributed by atoms with Crippen molar-refractivity contribution in [3.63, 3.8) is 0 Å². The van der Waals surface area contributed by atoms with Crippen LogP contribution in [0.1, 0.15) is 17.2 Å². The number of amides is 1. The van der Waals surface area contributed by atoms with Crippen LogP contribution in [-0.4, -0.2) is 42.0 Å². The Bertz CT molecular complexity index is 827. The molecule has 0 aromatic heterocycles. The second kappa shape index (κ2) is 10.1. The van der Waals surface area contributed by atoms with Crippen molar-refractivity contribution < 1.29 is 28.5 Å². The van der Waals surface area contributed by atoms with E-state index in [-0.39, 0.29) is 6.04 Å². The molecule has 8 heteroatoms. The van der Waals surface area contributed by atoms with Crippen LogP contribution in [0.5, 0.6) is 28.7 Å². The van der Waals surface area contributed by atoms with Gasteiger partial charge in [-0.2, -0.15) is 0 Å². The van der Waals surface area contributed by atoms with Gasteiger partial charge >= 0.3 is 0 Å². The minimum atomic E-state index is -0.373. The summed E-state index contributed by atoms with van der Waals surface area (Å²) in [6.07, 6.45) is 1.14. The fourth-order valence-corrected chi connectivity index (χ4v) is 3.50. The van der Waals surface area contributed by atoms with Gasteiger partial charge in [0.05, 0.1) is 41.6 Å². The van der Waals surface area contributed by atoms with Crippen molar-refractivity contribution in [3.05, 3.63) is 39.9 Å². The van der Waals surface area contributed by atoms with Crippen molar-refractivity contribution in [3.8, 4) is 28.7 Å². The molecule has 0 aliphatic heterocycles. The number of ether oxygens (including phenoxy) is 5. The lowest BCUT2D eigenvalue weighted by Gasteiger charge is -2.23. The van der Waals surface area contributed by atoms with Crippen molar-refractivity contribution in [2.45, 2.75) is 12.5 Å². The fraction of sp³-hybridized carbons (Fsp3) is 0.350. The molecule has 0 aliphatic carbocycles. The standard InChI is InChI=1S/C20H24BrNO6/c1-24-16-7-6-13(19(27-4)20(16)28-5)15(22-11-23)8-12-9-17(25-2)18(26-3)10-14(12)21/h6-7,9-11,15H,8H2,1-5H3,(H,22,23)/t15-/m1/s1. The SMILES string of the molecule is COc1cc(Br)c(C[C@@H](NC=O)c2ccc(OC)c(OC)c2OC)cc1OC. The Morgan fingerprint density at radius 1 is 0.893 bits per heavy atom. The predicted molar refractivity (Wildman–Crippen MR) is 109 cm³/mol. The summed E-state index contributed by atoms with van der Waals surface area (Å²) in [5.41, 5.74) is 1.68. The van der Waals surface area contributed by atoms with Crippen molar-refractivity contribution in [2.24, 2.45) is 0 Å². The molecule has 0 fully saturated rings. The van der Waals surface area contributed by atoms with Gasteiger partial charge in [-0.25, -0.2) is 0 Å². The maximum atomic E-state index is 11.3. The molecule has 28 heavy (non-hydrogen) atoms. The average Bonchev–Trinajstić information content (AvgIpc) is 2.72. The van der Waals surface area contributed by atoms with Gasteiger partial charge in [0.1, 0.15) is 0 Å². The second-order valence-electron chi connectivity index (χ2n) is 5.76. The second-order valence-corrected chi connectivity index (χ2v) is 6.62. The summed E-state index contributed by atoms with van der Waals surface area (Å²) in [5, 5.41) is 2.85. The lowest BCUT2D eigenvalue weighted by atomic mass is 9.97. The van der Waals surface area contributed by atoms with Gasteiger partial charge in [0.25, 0.3) is 0 Å². The molecule has 0 spiro atoms. The Labute approximate surface area is 173 Å². The molecule has 0 heterocycles. The number of carbonyl (C=O) groups excluding carboxylic acids is 1. The first-order chi connectivity index (χ1) is 13.5. The largest absolute Gasteiger partial charge is 0.493 e. The third-order valence-corrected chi connectivity index (χ3v) is 5.09. The van der Waals surface area contributed by atoms with Gasteiger partial charge in [-0.15, -0.1) is 0 Å². The fourth-order valence-electron chi connectivity index (χ4n) is 3.01. The highest BCUT2D eigenvalue weighted by Gasteiger charge is 2.23. The first-order valence-electron chi connectivity index (χ1n) is 8.43. The van der Waals surface area contributed by atoms with E-state index in [1.165, 1.54) is 7.11 Å². The first-order valence-corrected chi connectivity index (χ1v) is 9.22. The molecule has 0 unspecified atom stereocenters. The molecular weight excluding hydrogens is 430 g/mol. The monoisotopic (exact) mass is 453 g/mol. The van der Waals surface area contributed by atoms with Gasteiger partial charge in [-0.05, 0) is 36.2 Å². The number of benzene rings is 2. The van der Waals surface area contributed by atoms with Crippen molar-refractivity contribution >= 4 is 22.3 Å². The number of halogens is 1. The van der Waals surface area contributed by atoms with Gasteiger partial charge < -0.3 is 29.0 Å². The molecule has 0 radical (unpaired) electrons. The van der Waals surface area contributed by atoms with Crippen molar-refractivity contribution in [1.82, 2.24) is 5.32 Å². The van der Waals surface area contributed by atoms with E-state index in [2.05, 4.69) is 21.2 Å². The van der Waals surface area contributed by atoms with Gasteiger partial charge in [-0.3, -0.25) is 4.79 Å². The van der Waals surface area contributed by atoms with Gasteiger partial charge in [0.2, 0.25) is 12.2 Å². The third kappa shape index (κ3) is 4.44. The summed E-state index contributed by atoms with van der Waals surface area (Å²) < 4.78 is 27.9. The summed E-state index contributed by atoms with van der Waals surface area (Å²) in [4.78, 5) is 11.3. The zero-order valence-electron chi connectivity index (χ0n) is 16.5. The zero-order valence-corrected chi connectivity index (χ0v) is 18.1. The molecule has 2 aromatic carbocycles. The van der Waals surface area contributed by atoms with E-state index in [0.29, 0.717) is 41.6 Å². The Balaban J connectivity index is 2.52. The van der Waals surface area contributed by atoms with Crippen LogP contribution in [0.3, 0.4) is 0 Å². The molecule has 0 saturated carbocycles. The molecule has 152 valence electrons. The number of hydrogen-bond donors (Lipinski definition) is 1. The van der Waals surface area contributed by atoms with Crippen molar-refractivity contribution in [1.29, 1.82) is 0 Å². The van der Waals surface area contributed by atoms with Crippen LogP contribution < -0.4 is 29.0 Å². The molecule has 0 saturated heterocycles. The quantitative estimate of drug-likeness (QED) is 0.554. The normalized spacial score (nSPS) is 11.4. The number of nitrogens with one attached hydrogen (secondary N) is 1. The Morgan fingerprint density at radius 3 is 2.04 bits per heavy atom. The first kappa shape index (κ1) is 21.7. The molecule has 0 aliphatic rings. The Hall–Kier alpha value is -2.61. The van der Waals surface area contributed by atoms with E-state index in [9.17, 15) is 4.79 Å². The topological polar surface area (TPSA) is 75.3 Å². The van der Waals surface area contributed by atoms with E-state index >= 15 is 0 Å². The zero-order chi connectivity index (χ0) is 20.7. The molecule has 2 rings (SSSR count). The van der Waals surface area contributed by atoms with Crippen LogP contribution in [0, 0.1) is 0 Å². The van der Waals surface area contributed by atoms with Crippen LogP contribution in [0.4, 0.5) is 0 Å². The predicted octanol–water partition coefficient (Wildman–Crippen LogP) is 3.52. The molecule has 1 N–H and O–H groups in total. The summed E-state index contributed by atoms with van der Waals surface area (Å²) in [5.74, 6) is 2.72. The lowest BCUT2D eigenvalue weighted by Crippen LogP contribution is -2.22. The van der Waals surface area contributed by atoms with Crippen LogP contribution in [0.15, 0.2) is 28.7 Å². The smallest absolute Gasteiger partial charge is 0.207 e. The molecule has 1 atom stereocenters. The van der Waals surface area contributed by atoms with E-state index < -0.39 is 0 Å². The van der Waals surface area contributed by atoms with Gasteiger partial charge in [0.15, 0.2) is 23.0 Å². The van der Waals surface area contributed by atoms with Crippen molar-refractivity contribution in [2.75, 3.05) is 35.5 Å².